The van der Waals surface area contributed by atoms with Crippen LogP contribution in [0.4, 0.5) is 0 Å². The average molecular weight is 558 g/mol. The van der Waals surface area contributed by atoms with Gasteiger partial charge in [-0.3, -0.25) is 9.88 Å². The number of aromatic nitrogens is 1. The molecule has 152 valence electrons. The van der Waals surface area contributed by atoms with E-state index in [1.807, 2.05) is 12.3 Å². The summed E-state index contributed by atoms with van der Waals surface area (Å²) < 4.78 is 1.10. The second-order valence-corrected chi connectivity index (χ2v) is 7.75. The molecule has 1 aliphatic heterocycles. The maximum Gasteiger partial charge on any atom is 0.191 e. The molecule has 5 nitrogen and oxygen atoms in total. The lowest BCUT2D eigenvalue weighted by atomic mass is 10.0. The molecule has 1 saturated heterocycles. The second-order valence-electron chi connectivity index (χ2n) is 6.84. The van der Waals surface area contributed by atoms with Crippen molar-refractivity contribution < 1.29 is 0 Å². The summed E-state index contributed by atoms with van der Waals surface area (Å²) in [6.45, 7) is 6.75. The lowest BCUT2D eigenvalue weighted by Gasteiger charge is -2.32. The molecule has 0 bridgehead atoms. The van der Waals surface area contributed by atoms with Gasteiger partial charge in [-0.1, -0.05) is 34.1 Å². The van der Waals surface area contributed by atoms with E-state index in [1.54, 1.807) is 0 Å². The van der Waals surface area contributed by atoms with Crippen molar-refractivity contribution in [3.05, 3.63) is 64.4 Å². The van der Waals surface area contributed by atoms with Gasteiger partial charge in [-0.15, -0.1) is 24.0 Å². The Kier molecular flexibility index (Phi) is 10.2. The zero-order valence-corrected chi connectivity index (χ0v) is 20.2. The Balaban J connectivity index is 0.00000280. The molecule has 1 aliphatic rings. The molecular formula is C21H29BrIN5. The summed E-state index contributed by atoms with van der Waals surface area (Å²) in [4.78, 5) is 11.7. The first-order valence-electron chi connectivity index (χ1n) is 9.64. The van der Waals surface area contributed by atoms with Crippen molar-refractivity contribution in [2.24, 2.45) is 4.99 Å². The Hall–Kier alpha value is -1.19. The van der Waals surface area contributed by atoms with Gasteiger partial charge in [-0.05, 0) is 49.6 Å². The SMILES string of the molecule is CCNC(=NCc1ccc(Br)cc1)NC1CCN(Cc2ccccn2)CC1.I. The summed E-state index contributed by atoms with van der Waals surface area (Å²) in [7, 11) is 0. The molecule has 0 spiro atoms. The fourth-order valence-corrected chi connectivity index (χ4v) is 3.49. The normalized spacial score (nSPS) is 15.7. The Morgan fingerprint density at radius 2 is 1.93 bits per heavy atom. The van der Waals surface area contributed by atoms with Gasteiger partial charge in [0.25, 0.3) is 0 Å². The predicted octanol–water partition coefficient (Wildman–Crippen LogP) is 4.18. The number of rotatable bonds is 6. The molecule has 2 N–H and O–H groups in total. The van der Waals surface area contributed by atoms with Crippen LogP contribution in [0.5, 0.6) is 0 Å². The number of pyridine rings is 1. The number of aliphatic imine (C=N–C) groups is 1. The summed E-state index contributed by atoms with van der Waals surface area (Å²) in [6.07, 6.45) is 4.11. The minimum Gasteiger partial charge on any atom is -0.357 e. The highest BCUT2D eigenvalue weighted by molar-refractivity contribution is 14.0. The van der Waals surface area contributed by atoms with Gasteiger partial charge in [-0.2, -0.15) is 0 Å². The molecular weight excluding hydrogens is 529 g/mol. The second kappa shape index (κ2) is 12.4. The van der Waals surface area contributed by atoms with E-state index in [9.17, 15) is 0 Å². The first-order chi connectivity index (χ1) is 13.2. The summed E-state index contributed by atoms with van der Waals surface area (Å²) in [5.74, 6) is 0.906. The van der Waals surface area contributed by atoms with Crippen LogP contribution >= 0.6 is 39.9 Å². The quantitative estimate of drug-likeness (QED) is 0.318. The molecule has 3 rings (SSSR count). The summed E-state index contributed by atoms with van der Waals surface area (Å²) in [6, 6.07) is 14.9. The summed E-state index contributed by atoms with van der Waals surface area (Å²) in [5, 5.41) is 6.98. The molecule has 28 heavy (non-hydrogen) atoms. The van der Waals surface area contributed by atoms with Crippen LogP contribution < -0.4 is 10.6 Å². The van der Waals surface area contributed by atoms with Crippen LogP contribution in [0, 0.1) is 0 Å². The molecule has 0 radical (unpaired) electrons. The van der Waals surface area contributed by atoms with Gasteiger partial charge in [-0.25, -0.2) is 4.99 Å². The van der Waals surface area contributed by atoms with E-state index in [4.69, 9.17) is 4.99 Å². The highest BCUT2D eigenvalue weighted by Crippen LogP contribution is 2.13. The highest BCUT2D eigenvalue weighted by atomic mass is 127. The number of hydrogen-bond acceptors (Lipinski definition) is 3. The standard InChI is InChI=1S/C21H28BrN5.HI/c1-2-23-21(25-15-17-6-8-18(22)9-7-17)26-19-10-13-27(14-11-19)16-20-5-3-4-12-24-20;/h3-9,12,19H,2,10-11,13-16H2,1H3,(H2,23,25,26);1H. The molecule has 1 aromatic heterocycles. The minimum absolute atomic E-state index is 0. The lowest BCUT2D eigenvalue weighted by Crippen LogP contribution is -2.48. The molecule has 1 aromatic carbocycles. The van der Waals surface area contributed by atoms with Crippen molar-refractivity contribution in [3.8, 4) is 0 Å². The van der Waals surface area contributed by atoms with E-state index < -0.39 is 0 Å². The van der Waals surface area contributed by atoms with E-state index in [0.717, 1.165) is 55.1 Å². The number of hydrogen-bond donors (Lipinski definition) is 2. The highest BCUT2D eigenvalue weighted by Gasteiger charge is 2.20. The van der Waals surface area contributed by atoms with Crippen molar-refractivity contribution in [3.63, 3.8) is 0 Å². The number of likely N-dealkylation sites (tertiary alicyclic amines) is 1. The van der Waals surface area contributed by atoms with Gasteiger partial charge in [0.1, 0.15) is 0 Å². The Morgan fingerprint density at radius 3 is 2.57 bits per heavy atom. The van der Waals surface area contributed by atoms with E-state index in [0.29, 0.717) is 12.6 Å². The maximum absolute atomic E-state index is 4.75. The van der Waals surface area contributed by atoms with Crippen LogP contribution in [0.25, 0.3) is 0 Å². The van der Waals surface area contributed by atoms with E-state index in [-0.39, 0.29) is 24.0 Å². The molecule has 0 aliphatic carbocycles. The van der Waals surface area contributed by atoms with Crippen LogP contribution in [-0.4, -0.2) is 41.5 Å². The molecule has 0 atom stereocenters. The molecule has 1 fully saturated rings. The van der Waals surface area contributed by atoms with Crippen molar-refractivity contribution in [2.75, 3.05) is 19.6 Å². The first-order valence-corrected chi connectivity index (χ1v) is 10.4. The van der Waals surface area contributed by atoms with Gasteiger partial charge in [0.2, 0.25) is 0 Å². The number of benzene rings is 1. The molecule has 0 saturated carbocycles. The van der Waals surface area contributed by atoms with E-state index >= 15 is 0 Å². The summed E-state index contributed by atoms with van der Waals surface area (Å²) >= 11 is 3.47. The Bertz CT molecular complexity index is 715. The number of nitrogens with one attached hydrogen (secondary N) is 2. The largest absolute Gasteiger partial charge is 0.357 e. The van der Waals surface area contributed by atoms with Crippen molar-refractivity contribution >= 4 is 45.9 Å². The van der Waals surface area contributed by atoms with Crippen molar-refractivity contribution in [1.82, 2.24) is 20.5 Å². The summed E-state index contributed by atoms with van der Waals surface area (Å²) in [5.41, 5.74) is 2.36. The Morgan fingerprint density at radius 1 is 1.18 bits per heavy atom. The average Bonchev–Trinajstić information content (AvgIpc) is 2.70. The van der Waals surface area contributed by atoms with Crippen LogP contribution in [0.15, 0.2) is 58.1 Å². The van der Waals surface area contributed by atoms with Crippen LogP contribution in [0.3, 0.4) is 0 Å². The lowest BCUT2D eigenvalue weighted by molar-refractivity contribution is 0.196. The van der Waals surface area contributed by atoms with E-state index in [1.165, 1.54) is 5.56 Å². The topological polar surface area (TPSA) is 52.6 Å². The van der Waals surface area contributed by atoms with Crippen LogP contribution in [0.1, 0.15) is 31.0 Å². The third-order valence-electron chi connectivity index (χ3n) is 4.72. The molecule has 2 aromatic rings. The number of halogens is 2. The fraction of sp³-hybridized carbons (Fsp3) is 0.429. The van der Waals surface area contributed by atoms with Gasteiger partial charge < -0.3 is 10.6 Å². The van der Waals surface area contributed by atoms with Gasteiger partial charge in [0.15, 0.2) is 5.96 Å². The molecule has 2 heterocycles. The molecule has 0 unspecified atom stereocenters. The zero-order chi connectivity index (χ0) is 18.9. The predicted molar refractivity (Wildman–Crippen MR) is 130 cm³/mol. The third kappa shape index (κ3) is 7.67. The van der Waals surface area contributed by atoms with Gasteiger partial charge in [0, 0.05) is 42.9 Å². The third-order valence-corrected chi connectivity index (χ3v) is 5.25. The van der Waals surface area contributed by atoms with Crippen LogP contribution in [0.2, 0.25) is 0 Å². The molecule has 7 heteroatoms. The number of piperidine rings is 1. The number of nitrogens with zero attached hydrogens (tertiary/aromatic N) is 3. The number of guanidine groups is 1. The van der Waals surface area contributed by atoms with Crippen molar-refractivity contribution in [2.45, 2.75) is 38.9 Å². The maximum atomic E-state index is 4.75. The Labute approximate surface area is 193 Å². The van der Waals surface area contributed by atoms with Gasteiger partial charge in [0.05, 0.1) is 12.2 Å². The zero-order valence-electron chi connectivity index (χ0n) is 16.3. The van der Waals surface area contributed by atoms with Crippen LogP contribution in [-0.2, 0) is 13.1 Å². The smallest absolute Gasteiger partial charge is 0.191 e. The van der Waals surface area contributed by atoms with Gasteiger partial charge >= 0.3 is 0 Å². The molecule has 0 amide bonds. The van der Waals surface area contributed by atoms with E-state index in [2.05, 4.69) is 79.8 Å². The first kappa shape index (κ1) is 23.1. The van der Waals surface area contributed by atoms with Crippen molar-refractivity contribution in [1.29, 1.82) is 0 Å². The fourth-order valence-electron chi connectivity index (χ4n) is 3.23. The minimum atomic E-state index is 0. The monoisotopic (exact) mass is 557 g/mol.